The number of carbonyl (C=O) groups excluding carboxylic acids is 1. The van der Waals surface area contributed by atoms with Crippen molar-refractivity contribution in [3.8, 4) is 5.75 Å². The van der Waals surface area contributed by atoms with Crippen molar-refractivity contribution in [3.63, 3.8) is 0 Å². The van der Waals surface area contributed by atoms with Crippen molar-refractivity contribution in [1.82, 2.24) is 15.3 Å². The minimum atomic E-state index is -0.343. The van der Waals surface area contributed by atoms with Crippen LogP contribution in [0.3, 0.4) is 0 Å². The second kappa shape index (κ2) is 8.17. The molecule has 1 aliphatic heterocycles. The van der Waals surface area contributed by atoms with E-state index in [2.05, 4.69) is 21.4 Å². The molecule has 1 atom stereocenters. The first-order chi connectivity index (χ1) is 12.5. The predicted molar refractivity (Wildman–Crippen MR) is 99.4 cm³/mol. The summed E-state index contributed by atoms with van der Waals surface area (Å²) >= 11 is 0. The highest BCUT2D eigenvalue weighted by atomic mass is 16.5. The molecule has 0 saturated heterocycles. The van der Waals surface area contributed by atoms with Gasteiger partial charge in [0.25, 0.3) is 0 Å². The van der Waals surface area contributed by atoms with Crippen LogP contribution in [0, 0.1) is 19.8 Å². The van der Waals surface area contributed by atoms with Gasteiger partial charge in [-0.1, -0.05) is 18.2 Å². The van der Waals surface area contributed by atoms with Crippen molar-refractivity contribution in [2.45, 2.75) is 39.5 Å². The molecule has 2 N–H and O–H groups in total. The average molecular weight is 355 g/mol. The zero-order valence-corrected chi connectivity index (χ0v) is 15.3. The van der Waals surface area contributed by atoms with Crippen LogP contribution in [0.1, 0.15) is 35.4 Å². The molecule has 0 aliphatic carbocycles. The Morgan fingerprint density at radius 3 is 2.96 bits per heavy atom. The highest BCUT2D eigenvalue weighted by Gasteiger charge is 2.18. The van der Waals surface area contributed by atoms with Crippen LogP contribution in [0.5, 0.6) is 5.75 Å². The Labute approximate surface area is 153 Å². The van der Waals surface area contributed by atoms with Gasteiger partial charge < -0.3 is 15.0 Å². The number of nitrogens with one attached hydrogen (secondary N) is 2. The number of aromatic amines is 1. The van der Waals surface area contributed by atoms with E-state index in [1.54, 1.807) is 6.92 Å². The molecule has 6 heteroatoms. The van der Waals surface area contributed by atoms with Crippen LogP contribution in [0.2, 0.25) is 0 Å². The summed E-state index contributed by atoms with van der Waals surface area (Å²) in [7, 11) is 0. The van der Waals surface area contributed by atoms with E-state index >= 15 is 0 Å². The standard InChI is InChI=1S/C20H25N3O3/c1-13-17(14(2)23-20(25)22-13)7-8-19(24)21-12-15-9-10-26-18-6-4-3-5-16(18)11-15/h3-6,15H,7-12H2,1-2H3,(H,21,24)(H,22,23,25)/t15-/m1/s1. The fourth-order valence-corrected chi connectivity index (χ4v) is 3.44. The van der Waals surface area contributed by atoms with Crippen molar-refractivity contribution in [3.05, 3.63) is 57.3 Å². The van der Waals surface area contributed by atoms with Crippen molar-refractivity contribution in [2.75, 3.05) is 13.2 Å². The molecular formula is C20H25N3O3. The molecule has 1 amide bonds. The van der Waals surface area contributed by atoms with Gasteiger partial charge in [0.1, 0.15) is 5.75 Å². The molecular weight excluding hydrogens is 330 g/mol. The normalized spacial score (nSPS) is 16.3. The van der Waals surface area contributed by atoms with Crippen LogP contribution in [0.15, 0.2) is 29.1 Å². The molecule has 0 spiro atoms. The zero-order valence-electron chi connectivity index (χ0n) is 15.3. The summed E-state index contributed by atoms with van der Waals surface area (Å²) in [5.74, 6) is 1.35. The smallest absolute Gasteiger partial charge is 0.345 e. The quantitative estimate of drug-likeness (QED) is 0.860. The first-order valence-corrected chi connectivity index (χ1v) is 9.06. The number of benzene rings is 1. The number of rotatable bonds is 5. The molecule has 138 valence electrons. The summed E-state index contributed by atoms with van der Waals surface area (Å²) in [5, 5.41) is 3.04. The van der Waals surface area contributed by atoms with Gasteiger partial charge in [-0.25, -0.2) is 4.79 Å². The average Bonchev–Trinajstić information content (AvgIpc) is 2.80. The Morgan fingerprint density at radius 2 is 2.15 bits per heavy atom. The zero-order chi connectivity index (χ0) is 18.5. The van der Waals surface area contributed by atoms with Gasteiger partial charge in [0.05, 0.1) is 6.61 Å². The maximum atomic E-state index is 12.2. The number of para-hydroxylation sites is 1. The fraction of sp³-hybridized carbons (Fsp3) is 0.450. The Morgan fingerprint density at radius 1 is 1.35 bits per heavy atom. The number of fused-ring (bicyclic) bond motifs is 1. The minimum Gasteiger partial charge on any atom is -0.493 e. The fourth-order valence-electron chi connectivity index (χ4n) is 3.44. The summed E-state index contributed by atoms with van der Waals surface area (Å²) in [6.07, 6.45) is 2.80. The Hall–Kier alpha value is -2.63. The van der Waals surface area contributed by atoms with E-state index in [9.17, 15) is 9.59 Å². The molecule has 0 radical (unpaired) electrons. The van der Waals surface area contributed by atoms with Gasteiger partial charge in [0, 0.05) is 24.4 Å². The third kappa shape index (κ3) is 4.50. The van der Waals surface area contributed by atoms with Gasteiger partial charge in [-0.2, -0.15) is 4.98 Å². The lowest BCUT2D eigenvalue weighted by molar-refractivity contribution is -0.121. The highest BCUT2D eigenvalue weighted by molar-refractivity contribution is 5.76. The van der Waals surface area contributed by atoms with E-state index in [4.69, 9.17) is 4.74 Å². The van der Waals surface area contributed by atoms with Crippen LogP contribution >= 0.6 is 0 Å². The van der Waals surface area contributed by atoms with Gasteiger partial charge in [-0.3, -0.25) is 4.79 Å². The summed E-state index contributed by atoms with van der Waals surface area (Å²) in [6, 6.07) is 8.09. The summed E-state index contributed by atoms with van der Waals surface area (Å²) in [6.45, 7) is 4.97. The number of H-pyrrole nitrogens is 1. The van der Waals surface area contributed by atoms with Crippen molar-refractivity contribution in [2.24, 2.45) is 5.92 Å². The number of carbonyl (C=O) groups is 1. The summed E-state index contributed by atoms with van der Waals surface area (Å²) < 4.78 is 5.78. The van der Waals surface area contributed by atoms with Crippen molar-refractivity contribution in [1.29, 1.82) is 0 Å². The summed E-state index contributed by atoms with van der Waals surface area (Å²) in [5.41, 5.74) is 3.28. The van der Waals surface area contributed by atoms with Gasteiger partial charge in [-0.15, -0.1) is 0 Å². The third-order valence-electron chi connectivity index (χ3n) is 4.91. The molecule has 26 heavy (non-hydrogen) atoms. The number of aromatic nitrogens is 2. The Kier molecular flexibility index (Phi) is 5.71. The number of hydrogen-bond donors (Lipinski definition) is 2. The molecule has 0 fully saturated rings. The first-order valence-electron chi connectivity index (χ1n) is 9.06. The molecule has 2 aromatic rings. The first kappa shape index (κ1) is 18.2. The van der Waals surface area contributed by atoms with Gasteiger partial charge in [0.15, 0.2) is 0 Å². The van der Waals surface area contributed by atoms with Crippen LogP contribution in [0.25, 0.3) is 0 Å². The second-order valence-corrected chi connectivity index (χ2v) is 6.85. The van der Waals surface area contributed by atoms with Crippen molar-refractivity contribution >= 4 is 5.91 Å². The number of aryl methyl sites for hydroxylation is 2. The Balaban J connectivity index is 1.51. The van der Waals surface area contributed by atoms with Crippen LogP contribution in [-0.2, 0) is 17.6 Å². The maximum Gasteiger partial charge on any atom is 0.345 e. The number of ether oxygens (including phenoxy) is 1. The molecule has 0 saturated carbocycles. The topological polar surface area (TPSA) is 84.1 Å². The molecule has 1 aliphatic rings. The van der Waals surface area contributed by atoms with Crippen LogP contribution < -0.4 is 15.7 Å². The van der Waals surface area contributed by atoms with E-state index in [1.807, 2.05) is 25.1 Å². The predicted octanol–water partition coefficient (Wildman–Crippen LogP) is 2.08. The number of amides is 1. The number of hydrogen-bond acceptors (Lipinski definition) is 4. The SMILES string of the molecule is Cc1nc(=O)[nH]c(C)c1CCC(=O)NC[C@@H]1CCOc2ccccc2C1. The molecule has 0 bridgehead atoms. The van der Waals surface area contributed by atoms with Crippen LogP contribution in [-0.4, -0.2) is 29.0 Å². The molecule has 3 rings (SSSR count). The van der Waals surface area contributed by atoms with Gasteiger partial charge >= 0.3 is 5.69 Å². The molecule has 6 nitrogen and oxygen atoms in total. The number of nitrogens with zero attached hydrogens (tertiary/aromatic N) is 1. The van der Waals surface area contributed by atoms with Gasteiger partial charge in [0.2, 0.25) is 5.91 Å². The third-order valence-corrected chi connectivity index (χ3v) is 4.91. The van der Waals surface area contributed by atoms with E-state index in [-0.39, 0.29) is 11.6 Å². The van der Waals surface area contributed by atoms with E-state index in [0.29, 0.717) is 37.6 Å². The van der Waals surface area contributed by atoms with E-state index in [0.717, 1.165) is 29.8 Å². The second-order valence-electron chi connectivity index (χ2n) is 6.85. The monoisotopic (exact) mass is 355 g/mol. The lowest BCUT2D eigenvalue weighted by Gasteiger charge is -2.15. The largest absolute Gasteiger partial charge is 0.493 e. The maximum absolute atomic E-state index is 12.2. The molecule has 2 heterocycles. The highest BCUT2D eigenvalue weighted by Crippen LogP contribution is 2.26. The molecule has 0 unspecified atom stereocenters. The van der Waals surface area contributed by atoms with E-state index < -0.39 is 0 Å². The Bertz CT molecular complexity index is 818. The lowest BCUT2D eigenvalue weighted by atomic mass is 9.97. The molecule has 1 aromatic heterocycles. The van der Waals surface area contributed by atoms with Crippen LogP contribution in [0.4, 0.5) is 0 Å². The van der Waals surface area contributed by atoms with Gasteiger partial charge in [-0.05, 0) is 56.2 Å². The van der Waals surface area contributed by atoms with Crippen molar-refractivity contribution < 1.29 is 9.53 Å². The van der Waals surface area contributed by atoms with E-state index in [1.165, 1.54) is 5.56 Å². The summed E-state index contributed by atoms with van der Waals surface area (Å²) in [4.78, 5) is 30.2. The minimum absolute atomic E-state index is 0.0217. The lowest BCUT2D eigenvalue weighted by Crippen LogP contribution is -2.30. The molecule has 1 aromatic carbocycles.